The van der Waals surface area contributed by atoms with Gasteiger partial charge in [-0.05, 0) is 13.3 Å². The van der Waals surface area contributed by atoms with Crippen molar-refractivity contribution in [3.63, 3.8) is 0 Å². The highest BCUT2D eigenvalue weighted by atomic mass is 35.7. The Morgan fingerprint density at radius 1 is 1.47 bits per heavy atom. The number of halogens is 1. The standard InChI is InChI=1S/C11H18ClN3O3S/c1-3-5-9-14-11(19(12,17)18)8-15(9)7-6-10(16)13-4-2/h8H,3-7H2,1-2H3,(H,13,16). The average Bonchev–Trinajstić information content (AvgIpc) is 2.70. The number of nitrogens with one attached hydrogen (secondary N) is 1. The van der Waals surface area contributed by atoms with E-state index in [9.17, 15) is 13.2 Å². The molecule has 1 N–H and O–H groups in total. The molecule has 0 saturated heterocycles. The van der Waals surface area contributed by atoms with Crippen molar-refractivity contribution < 1.29 is 13.2 Å². The summed E-state index contributed by atoms with van der Waals surface area (Å²) in [6, 6.07) is 0. The molecule has 0 aromatic carbocycles. The van der Waals surface area contributed by atoms with Crippen LogP contribution in [-0.2, 0) is 26.8 Å². The Balaban J connectivity index is 2.86. The SMILES string of the molecule is CCCc1nc(S(=O)(=O)Cl)cn1CCC(=O)NCC. The van der Waals surface area contributed by atoms with Crippen molar-refractivity contribution in [3.8, 4) is 0 Å². The van der Waals surface area contributed by atoms with E-state index in [2.05, 4.69) is 10.3 Å². The van der Waals surface area contributed by atoms with Gasteiger partial charge in [-0.2, -0.15) is 0 Å². The molecular formula is C11H18ClN3O3S. The van der Waals surface area contributed by atoms with E-state index >= 15 is 0 Å². The fourth-order valence-electron chi connectivity index (χ4n) is 1.67. The van der Waals surface area contributed by atoms with E-state index < -0.39 is 9.05 Å². The molecule has 0 aliphatic heterocycles. The van der Waals surface area contributed by atoms with Crippen LogP contribution in [0.5, 0.6) is 0 Å². The van der Waals surface area contributed by atoms with E-state index in [4.69, 9.17) is 10.7 Å². The van der Waals surface area contributed by atoms with Crippen LogP contribution in [0.4, 0.5) is 0 Å². The van der Waals surface area contributed by atoms with Crippen LogP contribution in [0, 0.1) is 0 Å². The maximum Gasteiger partial charge on any atom is 0.280 e. The number of aryl methyl sites for hydroxylation is 2. The lowest BCUT2D eigenvalue weighted by Crippen LogP contribution is -2.24. The second-order valence-electron chi connectivity index (χ2n) is 4.08. The first kappa shape index (κ1) is 16.0. The molecule has 0 unspecified atom stereocenters. The summed E-state index contributed by atoms with van der Waals surface area (Å²) in [5, 5.41) is 2.53. The average molecular weight is 308 g/mol. The minimum atomic E-state index is -3.83. The normalized spacial score (nSPS) is 11.5. The Hall–Kier alpha value is -1.08. The van der Waals surface area contributed by atoms with Gasteiger partial charge in [-0.3, -0.25) is 4.79 Å². The zero-order chi connectivity index (χ0) is 14.5. The molecule has 0 bridgehead atoms. The van der Waals surface area contributed by atoms with Crippen molar-refractivity contribution in [2.24, 2.45) is 0 Å². The summed E-state index contributed by atoms with van der Waals surface area (Å²) in [6.45, 7) is 4.78. The van der Waals surface area contributed by atoms with Crippen molar-refractivity contribution in [3.05, 3.63) is 12.0 Å². The van der Waals surface area contributed by atoms with Crippen LogP contribution < -0.4 is 5.32 Å². The molecule has 1 amide bonds. The Morgan fingerprint density at radius 2 is 2.16 bits per heavy atom. The molecule has 0 spiro atoms. The molecule has 0 saturated carbocycles. The lowest BCUT2D eigenvalue weighted by atomic mass is 10.3. The van der Waals surface area contributed by atoms with E-state index in [1.807, 2.05) is 13.8 Å². The number of carbonyl (C=O) groups excluding carboxylic acids is 1. The number of hydrogen-bond acceptors (Lipinski definition) is 4. The molecule has 1 aromatic heterocycles. The minimum absolute atomic E-state index is 0.0751. The topological polar surface area (TPSA) is 81.1 Å². The number of amides is 1. The molecule has 6 nitrogen and oxygen atoms in total. The highest BCUT2D eigenvalue weighted by Gasteiger charge is 2.17. The highest BCUT2D eigenvalue weighted by Crippen LogP contribution is 2.15. The largest absolute Gasteiger partial charge is 0.356 e. The van der Waals surface area contributed by atoms with Crippen LogP contribution in [0.25, 0.3) is 0 Å². The van der Waals surface area contributed by atoms with Gasteiger partial charge in [-0.25, -0.2) is 13.4 Å². The minimum Gasteiger partial charge on any atom is -0.356 e. The summed E-state index contributed by atoms with van der Waals surface area (Å²) in [7, 11) is 1.44. The number of imidazole rings is 1. The van der Waals surface area contributed by atoms with Gasteiger partial charge >= 0.3 is 0 Å². The van der Waals surface area contributed by atoms with E-state index in [1.165, 1.54) is 6.20 Å². The quantitative estimate of drug-likeness (QED) is 0.770. The van der Waals surface area contributed by atoms with Crippen molar-refractivity contribution in [2.45, 2.75) is 44.7 Å². The van der Waals surface area contributed by atoms with Gasteiger partial charge in [0.15, 0.2) is 5.03 Å². The third-order valence-corrected chi connectivity index (χ3v) is 3.68. The van der Waals surface area contributed by atoms with Crippen LogP contribution in [0.2, 0.25) is 0 Å². The van der Waals surface area contributed by atoms with Crippen molar-refractivity contribution >= 4 is 25.6 Å². The first-order valence-electron chi connectivity index (χ1n) is 6.15. The Morgan fingerprint density at radius 3 is 2.68 bits per heavy atom. The van der Waals surface area contributed by atoms with Gasteiger partial charge < -0.3 is 9.88 Å². The molecule has 108 valence electrons. The summed E-state index contributed by atoms with van der Waals surface area (Å²) in [5.74, 6) is 0.556. The second kappa shape index (κ2) is 6.91. The fourth-order valence-corrected chi connectivity index (χ4v) is 2.36. The summed E-state index contributed by atoms with van der Waals surface area (Å²) in [5.41, 5.74) is 0. The van der Waals surface area contributed by atoms with Gasteiger partial charge in [-0.1, -0.05) is 6.92 Å². The molecule has 0 aliphatic carbocycles. The summed E-state index contributed by atoms with van der Waals surface area (Å²) in [6.07, 6.45) is 3.14. The van der Waals surface area contributed by atoms with Gasteiger partial charge in [0, 0.05) is 42.8 Å². The van der Waals surface area contributed by atoms with E-state index in [-0.39, 0.29) is 17.4 Å². The first-order valence-corrected chi connectivity index (χ1v) is 8.46. The monoisotopic (exact) mass is 307 g/mol. The second-order valence-corrected chi connectivity index (χ2v) is 6.59. The maximum atomic E-state index is 11.4. The Kier molecular flexibility index (Phi) is 5.81. The van der Waals surface area contributed by atoms with Gasteiger partial charge in [0.1, 0.15) is 5.82 Å². The zero-order valence-electron chi connectivity index (χ0n) is 11.0. The summed E-state index contributed by atoms with van der Waals surface area (Å²) < 4.78 is 24.2. The van der Waals surface area contributed by atoms with E-state index in [0.29, 0.717) is 25.3 Å². The Labute approximate surface area is 117 Å². The van der Waals surface area contributed by atoms with Crippen LogP contribution >= 0.6 is 10.7 Å². The molecule has 0 fully saturated rings. The number of hydrogen-bond donors (Lipinski definition) is 1. The number of rotatable bonds is 7. The van der Waals surface area contributed by atoms with Crippen LogP contribution in [-0.4, -0.2) is 30.4 Å². The van der Waals surface area contributed by atoms with Crippen molar-refractivity contribution in [1.82, 2.24) is 14.9 Å². The van der Waals surface area contributed by atoms with E-state index in [0.717, 1.165) is 6.42 Å². The van der Waals surface area contributed by atoms with Crippen molar-refractivity contribution in [1.29, 1.82) is 0 Å². The predicted molar refractivity (Wildman–Crippen MR) is 72.6 cm³/mol. The third-order valence-electron chi connectivity index (χ3n) is 2.51. The first-order chi connectivity index (χ1) is 8.88. The van der Waals surface area contributed by atoms with E-state index in [1.54, 1.807) is 4.57 Å². The summed E-state index contributed by atoms with van der Waals surface area (Å²) >= 11 is 0. The molecule has 1 aromatic rings. The fraction of sp³-hybridized carbons (Fsp3) is 0.636. The molecule has 19 heavy (non-hydrogen) atoms. The van der Waals surface area contributed by atoms with Gasteiger partial charge in [-0.15, -0.1) is 0 Å². The molecule has 0 aliphatic rings. The van der Waals surface area contributed by atoms with Crippen molar-refractivity contribution in [2.75, 3.05) is 6.54 Å². The number of carbonyl (C=O) groups is 1. The van der Waals surface area contributed by atoms with Gasteiger partial charge in [0.25, 0.3) is 9.05 Å². The van der Waals surface area contributed by atoms with Crippen LogP contribution in [0.3, 0.4) is 0 Å². The lowest BCUT2D eigenvalue weighted by molar-refractivity contribution is -0.121. The molecule has 0 radical (unpaired) electrons. The van der Waals surface area contributed by atoms with Crippen LogP contribution in [0.15, 0.2) is 11.2 Å². The molecular weight excluding hydrogens is 290 g/mol. The lowest BCUT2D eigenvalue weighted by Gasteiger charge is -2.06. The molecule has 1 heterocycles. The molecule has 1 rings (SSSR count). The van der Waals surface area contributed by atoms with Gasteiger partial charge in [0.05, 0.1) is 0 Å². The van der Waals surface area contributed by atoms with Crippen LogP contribution in [0.1, 0.15) is 32.5 Å². The maximum absolute atomic E-state index is 11.4. The number of nitrogens with zero attached hydrogens (tertiary/aromatic N) is 2. The predicted octanol–water partition coefficient (Wildman–Crippen LogP) is 1.29. The molecule has 0 atom stereocenters. The highest BCUT2D eigenvalue weighted by molar-refractivity contribution is 8.13. The Bertz CT molecular complexity index is 539. The third kappa shape index (κ3) is 4.83. The molecule has 8 heteroatoms. The van der Waals surface area contributed by atoms with Gasteiger partial charge in [0.2, 0.25) is 5.91 Å². The number of aromatic nitrogens is 2. The smallest absolute Gasteiger partial charge is 0.280 e. The zero-order valence-corrected chi connectivity index (χ0v) is 12.6. The summed E-state index contributed by atoms with van der Waals surface area (Å²) in [4.78, 5) is 15.4.